The zero-order valence-electron chi connectivity index (χ0n) is 11.7. The molecule has 122 valence electrons. The van der Waals surface area contributed by atoms with Crippen LogP contribution in [0.2, 0.25) is 0 Å². The number of alkyl halides is 3. The lowest BCUT2D eigenvalue weighted by Gasteiger charge is -2.11. The van der Waals surface area contributed by atoms with Crippen LogP contribution in [0.5, 0.6) is 0 Å². The van der Waals surface area contributed by atoms with Gasteiger partial charge in [-0.15, -0.1) is 0 Å². The zero-order valence-corrected chi connectivity index (χ0v) is 11.7. The molecular formula is C13H12F3N5O2. The Bertz CT molecular complexity index is 679. The average molecular weight is 327 g/mol. The summed E-state index contributed by atoms with van der Waals surface area (Å²) in [6.07, 6.45) is -0.122. The fourth-order valence-electron chi connectivity index (χ4n) is 1.79. The van der Waals surface area contributed by atoms with Gasteiger partial charge >= 0.3 is 6.18 Å². The topological polar surface area (TPSA) is 93.0 Å². The summed E-state index contributed by atoms with van der Waals surface area (Å²) in [5.74, 6) is 0.524. The molecule has 2 aromatic rings. The highest BCUT2D eigenvalue weighted by atomic mass is 19.4. The summed E-state index contributed by atoms with van der Waals surface area (Å²) in [6.45, 7) is 0.611. The Balaban J connectivity index is 2.00. The highest BCUT2D eigenvalue weighted by Gasteiger charge is 2.32. The first-order chi connectivity index (χ1) is 10.9. The van der Waals surface area contributed by atoms with Gasteiger partial charge < -0.3 is 10.6 Å². The number of benzene rings is 1. The number of anilines is 2. The van der Waals surface area contributed by atoms with Crippen molar-refractivity contribution < 1.29 is 18.1 Å². The average Bonchev–Trinajstić information content (AvgIpc) is 2.51. The zero-order chi connectivity index (χ0) is 16.9. The molecule has 23 heavy (non-hydrogen) atoms. The van der Waals surface area contributed by atoms with Gasteiger partial charge in [0.15, 0.2) is 0 Å². The molecule has 0 radical (unpaired) electrons. The van der Waals surface area contributed by atoms with Gasteiger partial charge in [0.2, 0.25) is 0 Å². The minimum atomic E-state index is -4.63. The molecular weight excluding hydrogens is 315 g/mol. The molecule has 0 aliphatic carbocycles. The number of halogens is 3. The van der Waals surface area contributed by atoms with Crippen molar-refractivity contribution in [1.29, 1.82) is 0 Å². The molecule has 1 aromatic heterocycles. The second-order valence-corrected chi connectivity index (χ2v) is 4.43. The SMILES string of the molecule is O=[N+]([O-])c1cc(C(F)(F)F)ccc1NCCNc1cnccn1. The van der Waals surface area contributed by atoms with E-state index in [0.29, 0.717) is 18.4 Å². The van der Waals surface area contributed by atoms with Crippen molar-refractivity contribution in [3.8, 4) is 0 Å². The second-order valence-electron chi connectivity index (χ2n) is 4.43. The maximum atomic E-state index is 12.6. The van der Waals surface area contributed by atoms with Crippen molar-refractivity contribution in [3.63, 3.8) is 0 Å². The van der Waals surface area contributed by atoms with Gasteiger partial charge in [0.25, 0.3) is 5.69 Å². The van der Waals surface area contributed by atoms with Crippen LogP contribution in [0, 0.1) is 10.1 Å². The summed E-state index contributed by atoms with van der Waals surface area (Å²) in [4.78, 5) is 17.9. The molecule has 0 unspecified atom stereocenters. The van der Waals surface area contributed by atoms with Crippen LogP contribution in [-0.4, -0.2) is 28.0 Å². The molecule has 0 aliphatic heterocycles. The third-order valence-corrected chi connectivity index (χ3v) is 2.83. The van der Waals surface area contributed by atoms with Crippen molar-refractivity contribution in [2.45, 2.75) is 6.18 Å². The standard InChI is InChI=1S/C13H12F3N5O2/c14-13(15,16)9-1-2-10(11(7-9)21(22)23)18-5-6-20-12-8-17-3-4-19-12/h1-4,7-8,18H,5-6H2,(H,19,20). The minimum absolute atomic E-state index is 0.0175. The van der Waals surface area contributed by atoms with Crippen LogP contribution in [0.25, 0.3) is 0 Å². The first-order valence-electron chi connectivity index (χ1n) is 6.47. The van der Waals surface area contributed by atoms with Gasteiger partial charge in [-0.05, 0) is 12.1 Å². The third kappa shape index (κ3) is 4.53. The maximum absolute atomic E-state index is 12.6. The summed E-state index contributed by atoms with van der Waals surface area (Å²) in [5, 5.41) is 16.6. The Morgan fingerprint density at radius 1 is 1.17 bits per heavy atom. The van der Waals surface area contributed by atoms with Crippen LogP contribution in [0.15, 0.2) is 36.8 Å². The molecule has 0 atom stereocenters. The molecule has 0 saturated heterocycles. The summed E-state index contributed by atoms with van der Waals surface area (Å²) in [5.41, 5.74) is -1.67. The van der Waals surface area contributed by atoms with Gasteiger partial charge in [-0.3, -0.25) is 15.1 Å². The second kappa shape index (κ2) is 6.90. The predicted molar refractivity (Wildman–Crippen MR) is 77.1 cm³/mol. The quantitative estimate of drug-likeness (QED) is 0.481. The van der Waals surface area contributed by atoms with Crippen LogP contribution in [0.3, 0.4) is 0 Å². The number of hydrogen-bond acceptors (Lipinski definition) is 6. The number of aromatic nitrogens is 2. The molecule has 10 heteroatoms. The number of nitrogens with one attached hydrogen (secondary N) is 2. The molecule has 0 spiro atoms. The Hall–Kier alpha value is -2.91. The van der Waals surface area contributed by atoms with Crippen LogP contribution < -0.4 is 10.6 Å². The van der Waals surface area contributed by atoms with E-state index in [4.69, 9.17) is 0 Å². The maximum Gasteiger partial charge on any atom is 0.416 e. The van der Waals surface area contributed by atoms with E-state index in [0.717, 1.165) is 12.1 Å². The van der Waals surface area contributed by atoms with Gasteiger partial charge in [0.05, 0.1) is 16.7 Å². The minimum Gasteiger partial charge on any atom is -0.378 e. The molecule has 1 heterocycles. The highest BCUT2D eigenvalue weighted by molar-refractivity contribution is 5.63. The largest absolute Gasteiger partial charge is 0.416 e. The van der Waals surface area contributed by atoms with Gasteiger partial charge in [-0.1, -0.05) is 0 Å². The number of nitro benzene ring substituents is 1. The van der Waals surface area contributed by atoms with Crippen molar-refractivity contribution in [1.82, 2.24) is 9.97 Å². The molecule has 0 amide bonds. The fraction of sp³-hybridized carbons (Fsp3) is 0.231. The van der Waals surface area contributed by atoms with Crippen molar-refractivity contribution in [3.05, 3.63) is 52.5 Å². The summed E-state index contributed by atoms with van der Waals surface area (Å²) in [6, 6.07) is 2.35. The Kier molecular flexibility index (Phi) is 4.94. The van der Waals surface area contributed by atoms with Gasteiger partial charge in [0.1, 0.15) is 11.5 Å². The van der Waals surface area contributed by atoms with Crippen LogP contribution in [0.1, 0.15) is 5.56 Å². The lowest BCUT2D eigenvalue weighted by atomic mass is 10.1. The Labute approximate surface area is 128 Å². The molecule has 2 rings (SSSR count). The molecule has 1 aromatic carbocycles. The smallest absolute Gasteiger partial charge is 0.378 e. The molecule has 0 bridgehead atoms. The summed E-state index contributed by atoms with van der Waals surface area (Å²) >= 11 is 0. The Morgan fingerprint density at radius 2 is 1.91 bits per heavy atom. The van der Waals surface area contributed by atoms with Crippen molar-refractivity contribution >= 4 is 17.2 Å². The van der Waals surface area contributed by atoms with E-state index in [9.17, 15) is 23.3 Å². The monoisotopic (exact) mass is 327 g/mol. The highest BCUT2D eigenvalue weighted by Crippen LogP contribution is 2.34. The Morgan fingerprint density at radius 3 is 2.52 bits per heavy atom. The predicted octanol–water partition coefficient (Wildman–Crippen LogP) is 2.93. The normalized spacial score (nSPS) is 11.1. The van der Waals surface area contributed by atoms with Gasteiger partial charge in [-0.25, -0.2) is 4.98 Å². The lowest BCUT2D eigenvalue weighted by Crippen LogP contribution is -2.15. The number of nitrogens with zero attached hydrogens (tertiary/aromatic N) is 3. The number of hydrogen-bond donors (Lipinski definition) is 2. The van der Waals surface area contributed by atoms with Gasteiger partial charge in [0, 0.05) is 31.5 Å². The lowest BCUT2D eigenvalue weighted by molar-refractivity contribution is -0.384. The fourth-order valence-corrected chi connectivity index (χ4v) is 1.79. The van der Waals surface area contributed by atoms with E-state index in [1.807, 2.05) is 0 Å². The summed E-state index contributed by atoms with van der Waals surface area (Å²) < 4.78 is 37.8. The molecule has 2 N–H and O–H groups in total. The van der Waals surface area contributed by atoms with E-state index in [1.165, 1.54) is 18.6 Å². The molecule has 0 fully saturated rings. The molecule has 0 saturated carbocycles. The van der Waals surface area contributed by atoms with E-state index in [1.54, 1.807) is 0 Å². The van der Waals surface area contributed by atoms with E-state index in [-0.39, 0.29) is 12.2 Å². The van der Waals surface area contributed by atoms with Crippen LogP contribution in [-0.2, 0) is 6.18 Å². The molecule has 7 nitrogen and oxygen atoms in total. The third-order valence-electron chi connectivity index (χ3n) is 2.83. The van der Waals surface area contributed by atoms with Gasteiger partial charge in [-0.2, -0.15) is 13.2 Å². The number of nitro groups is 1. The number of rotatable bonds is 6. The van der Waals surface area contributed by atoms with E-state index in [2.05, 4.69) is 20.6 Å². The first kappa shape index (κ1) is 16.5. The van der Waals surface area contributed by atoms with E-state index < -0.39 is 22.4 Å². The van der Waals surface area contributed by atoms with Crippen molar-refractivity contribution in [2.75, 3.05) is 23.7 Å². The summed E-state index contributed by atoms with van der Waals surface area (Å²) in [7, 11) is 0. The van der Waals surface area contributed by atoms with Crippen molar-refractivity contribution in [2.24, 2.45) is 0 Å². The van der Waals surface area contributed by atoms with Crippen LogP contribution in [0.4, 0.5) is 30.4 Å². The van der Waals surface area contributed by atoms with E-state index >= 15 is 0 Å². The van der Waals surface area contributed by atoms with Crippen LogP contribution >= 0.6 is 0 Å². The first-order valence-corrected chi connectivity index (χ1v) is 6.47. The molecule has 0 aliphatic rings.